The second kappa shape index (κ2) is 5.79. The van der Waals surface area contributed by atoms with Gasteiger partial charge in [-0.05, 0) is 48.2 Å². The van der Waals surface area contributed by atoms with Crippen LogP contribution >= 0.6 is 0 Å². The molecule has 0 aliphatic carbocycles. The quantitative estimate of drug-likeness (QED) is 0.816. The van der Waals surface area contributed by atoms with Crippen LogP contribution in [0.15, 0.2) is 48.5 Å². The molecule has 0 spiro atoms. The van der Waals surface area contributed by atoms with E-state index in [-0.39, 0.29) is 0 Å². The predicted octanol–water partition coefficient (Wildman–Crippen LogP) is 4.36. The Bertz CT molecular complexity index is 621. The van der Waals surface area contributed by atoms with Gasteiger partial charge in [0.1, 0.15) is 0 Å². The van der Waals surface area contributed by atoms with E-state index >= 15 is 0 Å². The summed E-state index contributed by atoms with van der Waals surface area (Å²) in [6, 6.07) is 14.5. The third-order valence-corrected chi connectivity index (χ3v) is 3.04. The molecule has 102 valence electrons. The summed E-state index contributed by atoms with van der Waals surface area (Å²) in [5.74, 6) is 0. The lowest BCUT2D eigenvalue weighted by atomic mass is 10.0. The summed E-state index contributed by atoms with van der Waals surface area (Å²) in [5, 5.41) is 8.80. The van der Waals surface area contributed by atoms with Crippen molar-refractivity contribution in [2.45, 2.75) is 19.0 Å². The zero-order valence-electron chi connectivity index (χ0n) is 10.6. The average molecular weight is 275 g/mol. The lowest BCUT2D eigenvalue weighted by Gasteiger charge is -2.07. The fourth-order valence-corrected chi connectivity index (χ4v) is 1.95. The van der Waals surface area contributed by atoms with Crippen molar-refractivity contribution < 1.29 is 13.2 Å². The topological polar surface area (TPSA) is 23.8 Å². The molecule has 0 saturated carbocycles. The van der Waals surface area contributed by atoms with Crippen molar-refractivity contribution >= 4 is 0 Å². The molecule has 20 heavy (non-hydrogen) atoms. The number of aryl methyl sites for hydroxylation is 2. The molecule has 0 saturated heterocycles. The van der Waals surface area contributed by atoms with Gasteiger partial charge in [0, 0.05) is 0 Å². The number of alkyl halides is 3. The maximum atomic E-state index is 12.4. The van der Waals surface area contributed by atoms with Crippen molar-refractivity contribution in [3.05, 3.63) is 70.8 Å². The minimum atomic E-state index is -4.29. The molecular weight excluding hydrogens is 263 g/mol. The van der Waals surface area contributed by atoms with Crippen LogP contribution in [0.2, 0.25) is 0 Å². The van der Waals surface area contributed by atoms with E-state index in [0.29, 0.717) is 18.4 Å². The molecule has 0 N–H and O–H groups in total. The standard InChI is InChI=1S/C16H12F3N/c17-16(18,19)15-8-6-12(7-9-15)4-5-13-2-1-3-14(10-13)11-20/h1-3,6-10H,4-5H2. The van der Waals surface area contributed by atoms with Crippen LogP contribution in [0.5, 0.6) is 0 Å². The van der Waals surface area contributed by atoms with E-state index < -0.39 is 11.7 Å². The van der Waals surface area contributed by atoms with Gasteiger partial charge in [-0.15, -0.1) is 0 Å². The van der Waals surface area contributed by atoms with Gasteiger partial charge in [0.25, 0.3) is 0 Å². The fourth-order valence-electron chi connectivity index (χ4n) is 1.95. The van der Waals surface area contributed by atoms with Crippen molar-refractivity contribution in [3.8, 4) is 6.07 Å². The van der Waals surface area contributed by atoms with Gasteiger partial charge in [-0.25, -0.2) is 0 Å². The Labute approximate surface area is 115 Å². The molecule has 0 aliphatic heterocycles. The molecule has 2 aromatic carbocycles. The van der Waals surface area contributed by atoms with Crippen LogP contribution in [-0.4, -0.2) is 0 Å². The summed E-state index contributed by atoms with van der Waals surface area (Å²) in [5.41, 5.74) is 1.81. The average Bonchev–Trinajstić information content (AvgIpc) is 2.45. The summed E-state index contributed by atoms with van der Waals surface area (Å²) in [6.07, 6.45) is -2.95. The molecule has 2 aromatic rings. The zero-order chi connectivity index (χ0) is 14.6. The van der Waals surface area contributed by atoms with Gasteiger partial charge in [0.05, 0.1) is 17.2 Å². The lowest BCUT2D eigenvalue weighted by Crippen LogP contribution is -2.04. The van der Waals surface area contributed by atoms with E-state index in [2.05, 4.69) is 6.07 Å². The van der Waals surface area contributed by atoms with Gasteiger partial charge in [-0.2, -0.15) is 18.4 Å². The molecule has 0 aromatic heterocycles. The molecule has 0 bridgehead atoms. The zero-order valence-corrected chi connectivity index (χ0v) is 10.6. The summed E-state index contributed by atoms with van der Waals surface area (Å²) in [4.78, 5) is 0. The summed E-state index contributed by atoms with van der Waals surface area (Å²) in [6.45, 7) is 0. The first-order chi connectivity index (χ1) is 9.49. The number of hydrogen-bond acceptors (Lipinski definition) is 1. The van der Waals surface area contributed by atoms with Crippen LogP contribution in [0.4, 0.5) is 13.2 Å². The summed E-state index contributed by atoms with van der Waals surface area (Å²) < 4.78 is 37.3. The normalized spacial score (nSPS) is 11.1. The number of benzene rings is 2. The molecule has 2 rings (SSSR count). The number of nitriles is 1. The van der Waals surface area contributed by atoms with Gasteiger partial charge < -0.3 is 0 Å². The van der Waals surface area contributed by atoms with E-state index in [9.17, 15) is 13.2 Å². The second-order valence-electron chi connectivity index (χ2n) is 4.51. The molecule has 0 amide bonds. The summed E-state index contributed by atoms with van der Waals surface area (Å²) >= 11 is 0. The van der Waals surface area contributed by atoms with Gasteiger partial charge >= 0.3 is 6.18 Å². The maximum Gasteiger partial charge on any atom is 0.416 e. The fraction of sp³-hybridized carbons (Fsp3) is 0.188. The van der Waals surface area contributed by atoms with Crippen LogP contribution in [0.3, 0.4) is 0 Å². The lowest BCUT2D eigenvalue weighted by molar-refractivity contribution is -0.137. The molecule has 0 aliphatic rings. The molecule has 4 heteroatoms. The Hall–Kier alpha value is -2.28. The van der Waals surface area contributed by atoms with Crippen molar-refractivity contribution in [3.63, 3.8) is 0 Å². The van der Waals surface area contributed by atoms with E-state index in [1.807, 2.05) is 6.07 Å². The van der Waals surface area contributed by atoms with Crippen molar-refractivity contribution in [1.29, 1.82) is 5.26 Å². The molecule has 0 radical (unpaired) electrons. The SMILES string of the molecule is N#Cc1cccc(CCc2ccc(C(F)(F)F)cc2)c1. The van der Waals surface area contributed by atoms with Crippen LogP contribution in [-0.2, 0) is 19.0 Å². The van der Waals surface area contributed by atoms with Crippen LogP contribution in [0, 0.1) is 11.3 Å². The number of hydrogen-bond donors (Lipinski definition) is 0. The third-order valence-electron chi connectivity index (χ3n) is 3.04. The van der Waals surface area contributed by atoms with Crippen LogP contribution in [0.1, 0.15) is 22.3 Å². The highest BCUT2D eigenvalue weighted by atomic mass is 19.4. The predicted molar refractivity (Wildman–Crippen MR) is 70.0 cm³/mol. The number of halogens is 3. The first kappa shape index (κ1) is 14.1. The smallest absolute Gasteiger partial charge is 0.192 e. The molecule has 0 fully saturated rings. The van der Waals surface area contributed by atoms with Gasteiger partial charge in [-0.1, -0.05) is 24.3 Å². The highest BCUT2D eigenvalue weighted by Gasteiger charge is 2.29. The third kappa shape index (κ3) is 3.61. The largest absolute Gasteiger partial charge is 0.416 e. The minimum absolute atomic E-state index is 0.593. The van der Waals surface area contributed by atoms with Crippen molar-refractivity contribution in [1.82, 2.24) is 0 Å². The Kier molecular flexibility index (Phi) is 4.09. The van der Waals surface area contributed by atoms with Crippen molar-refractivity contribution in [2.75, 3.05) is 0 Å². The highest BCUT2D eigenvalue weighted by Crippen LogP contribution is 2.29. The minimum Gasteiger partial charge on any atom is -0.192 e. The summed E-state index contributed by atoms with van der Waals surface area (Å²) in [7, 11) is 0. The molecule has 0 heterocycles. The van der Waals surface area contributed by atoms with Gasteiger partial charge in [0.2, 0.25) is 0 Å². The van der Waals surface area contributed by atoms with Crippen molar-refractivity contribution in [2.24, 2.45) is 0 Å². The molecular formula is C16H12F3N. The maximum absolute atomic E-state index is 12.4. The number of nitrogens with zero attached hydrogens (tertiary/aromatic N) is 1. The number of rotatable bonds is 3. The van der Waals surface area contributed by atoms with E-state index in [4.69, 9.17) is 5.26 Å². The van der Waals surface area contributed by atoms with E-state index in [1.165, 1.54) is 12.1 Å². The Morgan fingerprint density at radius 3 is 2.15 bits per heavy atom. The first-order valence-corrected chi connectivity index (χ1v) is 6.14. The van der Waals surface area contributed by atoms with Crippen LogP contribution < -0.4 is 0 Å². The Morgan fingerprint density at radius 1 is 0.900 bits per heavy atom. The van der Waals surface area contributed by atoms with Gasteiger partial charge in [-0.3, -0.25) is 0 Å². The van der Waals surface area contributed by atoms with Gasteiger partial charge in [0.15, 0.2) is 0 Å². The monoisotopic (exact) mass is 275 g/mol. The molecule has 0 atom stereocenters. The van der Waals surface area contributed by atoms with E-state index in [0.717, 1.165) is 23.3 Å². The Balaban J connectivity index is 2.02. The van der Waals surface area contributed by atoms with E-state index in [1.54, 1.807) is 18.2 Å². The highest BCUT2D eigenvalue weighted by molar-refractivity contribution is 5.33. The Morgan fingerprint density at radius 2 is 1.55 bits per heavy atom. The van der Waals surface area contributed by atoms with Crippen LogP contribution in [0.25, 0.3) is 0 Å². The first-order valence-electron chi connectivity index (χ1n) is 6.14. The molecule has 0 unspecified atom stereocenters. The molecule has 1 nitrogen and oxygen atoms in total. The second-order valence-corrected chi connectivity index (χ2v) is 4.51.